The summed E-state index contributed by atoms with van der Waals surface area (Å²) in [6.45, 7) is 2.43. The maximum atomic E-state index is 12.4. The van der Waals surface area contributed by atoms with E-state index < -0.39 is 0 Å². The molecule has 0 saturated carbocycles. The van der Waals surface area contributed by atoms with Gasteiger partial charge in [-0.15, -0.1) is 0 Å². The first-order valence-corrected chi connectivity index (χ1v) is 10.0. The van der Waals surface area contributed by atoms with Crippen molar-refractivity contribution in [3.8, 4) is 11.4 Å². The lowest BCUT2D eigenvalue weighted by Gasteiger charge is -2.16. The van der Waals surface area contributed by atoms with Gasteiger partial charge in [-0.1, -0.05) is 17.7 Å². The molecule has 1 aromatic heterocycles. The van der Waals surface area contributed by atoms with Crippen LogP contribution in [0.2, 0.25) is 5.02 Å². The molecule has 1 saturated heterocycles. The molecular weight excluding hydrogens is 404 g/mol. The zero-order chi connectivity index (χ0) is 21.1. The highest BCUT2D eigenvalue weighted by molar-refractivity contribution is 6.30. The van der Waals surface area contributed by atoms with E-state index in [9.17, 15) is 9.59 Å². The normalized spacial score (nSPS) is 13.5. The first-order chi connectivity index (χ1) is 14.5. The predicted molar refractivity (Wildman–Crippen MR) is 115 cm³/mol. The Bertz CT molecular complexity index is 1080. The second-order valence-electron chi connectivity index (χ2n) is 7.04. The van der Waals surface area contributed by atoms with Gasteiger partial charge in [0.15, 0.2) is 6.61 Å². The van der Waals surface area contributed by atoms with Crippen molar-refractivity contribution in [3.05, 3.63) is 65.3 Å². The van der Waals surface area contributed by atoms with Crippen LogP contribution in [0.25, 0.3) is 5.69 Å². The number of nitrogens with zero attached hydrogens (tertiary/aromatic N) is 3. The smallest absolute Gasteiger partial charge is 0.263 e. The molecule has 1 aliphatic heterocycles. The Labute approximate surface area is 179 Å². The van der Waals surface area contributed by atoms with Crippen molar-refractivity contribution < 1.29 is 14.3 Å². The number of amides is 2. The zero-order valence-electron chi connectivity index (χ0n) is 16.5. The van der Waals surface area contributed by atoms with Gasteiger partial charge in [-0.05, 0) is 55.8 Å². The van der Waals surface area contributed by atoms with Crippen molar-refractivity contribution >= 4 is 34.9 Å². The second kappa shape index (κ2) is 8.59. The lowest BCUT2D eigenvalue weighted by Crippen LogP contribution is -2.23. The van der Waals surface area contributed by atoms with Crippen molar-refractivity contribution in [3.63, 3.8) is 0 Å². The Kier molecular flexibility index (Phi) is 5.72. The Morgan fingerprint density at radius 1 is 1.17 bits per heavy atom. The topological polar surface area (TPSA) is 76.5 Å². The Balaban J connectivity index is 1.38. The van der Waals surface area contributed by atoms with Gasteiger partial charge in [-0.25, -0.2) is 4.68 Å². The van der Waals surface area contributed by atoms with Gasteiger partial charge >= 0.3 is 0 Å². The van der Waals surface area contributed by atoms with Crippen LogP contribution in [-0.2, 0) is 9.59 Å². The number of anilines is 2. The molecule has 0 aliphatic carbocycles. The largest absolute Gasteiger partial charge is 0.484 e. The highest BCUT2D eigenvalue weighted by atomic mass is 35.5. The van der Waals surface area contributed by atoms with Crippen molar-refractivity contribution in [2.75, 3.05) is 23.4 Å². The van der Waals surface area contributed by atoms with Gasteiger partial charge in [0.2, 0.25) is 5.91 Å². The van der Waals surface area contributed by atoms with Crippen LogP contribution in [0.5, 0.6) is 5.75 Å². The molecule has 2 amide bonds. The Morgan fingerprint density at radius 3 is 2.67 bits per heavy atom. The molecule has 1 aliphatic rings. The molecule has 0 spiro atoms. The van der Waals surface area contributed by atoms with Crippen LogP contribution in [0.1, 0.15) is 18.5 Å². The number of hydrogen-bond acceptors (Lipinski definition) is 4. The summed E-state index contributed by atoms with van der Waals surface area (Å²) in [6.07, 6.45) is 1.46. The fourth-order valence-corrected chi connectivity index (χ4v) is 3.55. The standard InChI is InChI=1S/C22H21ClN4O3/c1-15-12-20(27(25-15)18-5-2-4-16(23)13-18)24-21(28)14-30-19-9-7-17(8-10-19)26-11-3-6-22(26)29/h2,4-5,7-10,12-13H,3,6,11,14H2,1H3,(H,24,28). The van der Waals surface area contributed by atoms with Gasteiger partial charge in [0.1, 0.15) is 11.6 Å². The number of hydrogen-bond donors (Lipinski definition) is 1. The molecule has 8 heteroatoms. The average molecular weight is 425 g/mol. The second-order valence-corrected chi connectivity index (χ2v) is 7.48. The van der Waals surface area contributed by atoms with Gasteiger partial charge in [-0.2, -0.15) is 5.10 Å². The summed E-state index contributed by atoms with van der Waals surface area (Å²) in [7, 11) is 0. The number of carbonyl (C=O) groups is 2. The molecule has 30 heavy (non-hydrogen) atoms. The minimum absolute atomic E-state index is 0.134. The molecule has 2 aromatic carbocycles. The quantitative estimate of drug-likeness (QED) is 0.649. The average Bonchev–Trinajstić information content (AvgIpc) is 3.32. The van der Waals surface area contributed by atoms with E-state index in [1.165, 1.54) is 0 Å². The minimum atomic E-state index is -0.308. The van der Waals surface area contributed by atoms with Gasteiger partial charge in [0.25, 0.3) is 5.91 Å². The Morgan fingerprint density at radius 2 is 1.97 bits per heavy atom. The van der Waals surface area contributed by atoms with Crippen LogP contribution in [0.4, 0.5) is 11.5 Å². The van der Waals surface area contributed by atoms with E-state index in [0.29, 0.717) is 23.0 Å². The van der Waals surface area contributed by atoms with Crippen molar-refractivity contribution in [1.82, 2.24) is 9.78 Å². The van der Waals surface area contributed by atoms with Gasteiger partial charge in [0, 0.05) is 29.7 Å². The third-order valence-corrected chi connectivity index (χ3v) is 4.98. The third kappa shape index (κ3) is 4.46. The Hall–Kier alpha value is -3.32. The fourth-order valence-electron chi connectivity index (χ4n) is 3.36. The van der Waals surface area contributed by atoms with E-state index in [4.69, 9.17) is 16.3 Å². The summed E-state index contributed by atoms with van der Waals surface area (Å²) < 4.78 is 7.22. The molecule has 4 rings (SSSR count). The molecule has 1 N–H and O–H groups in total. The monoisotopic (exact) mass is 424 g/mol. The molecule has 2 heterocycles. The van der Waals surface area contributed by atoms with Crippen LogP contribution >= 0.6 is 11.6 Å². The predicted octanol–water partition coefficient (Wildman–Crippen LogP) is 3.98. The number of rotatable bonds is 6. The maximum Gasteiger partial charge on any atom is 0.263 e. The van der Waals surface area contributed by atoms with Crippen molar-refractivity contribution in [2.45, 2.75) is 19.8 Å². The first kappa shape index (κ1) is 20.0. The lowest BCUT2D eigenvalue weighted by molar-refractivity contribution is -0.118. The number of carbonyl (C=O) groups excluding carboxylic acids is 2. The third-order valence-electron chi connectivity index (χ3n) is 4.74. The first-order valence-electron chi connectivity index (χ1n) is 9.65. The molecular formula is C22H21ClN4O3. The number of nitrogens with one attached hydrogen (secondary N) is 1. The highest BCUT2D eigenvalue weighted by Crippen LogP contribution is 2.24. The van der Waals surface area contributed by atoms with Crippen LogP contribution in [0.15, 0.2) is 54.6 Å². The highest BCUT2D eigenvalue weighted by Gasteiger charge is 2.21. The maximum absolute atomic E-state index is 12.4. The molecule has 7 nitrogen and oxygen atoms in total. The van der Waals surface area contributed by atoms with Crippen molar-refractivity contribution in [2.24, 2.45) is 0 Å². The van der Waals surface area contributed by atoms with E-state index in [2.05, 4.69) is 10.4 Å². The number of halogens is 1. The van der Waals surface area contributed by atoms with Gasteiger partial charge in [-0.3, -0.25) is 9.59 Å². The molecule has 0 bridgehead atoms. The van der Waals surface area contributed by atoms with Gasteiger partial charge < -0.3 is 15.0 Å². The number of ether oxygens (including phenoxy) is 1. The SMILES string of the molecule is Cc1cc(NC(=O)COc2ccc(N3CCCC3=O)cc2)n(-c2cccc(Cl)c2)n1. The van der Waals surface area contributed by atoms with Crippen LogP contribution in [-0.4, -0.2) is 34.7 Å². The van der Waals surface area contributed by atoms with E-state index >= 15 is 0 Å². The van der Waals surface area contributed by atoms with Crippen LogP contribution < -0.4 is 15.0 Å². The lowest BCUT2D eigenvalue weighted by atomic mass is 10.3. The van der Waals surface area contributed by atoms with Crippen LogP contribution in [0.3, 0.4) is 0 Å². The fraction of sp³-hybridized carbons (Fsp3) is 0.227. The number of benzene rings is 2. The summed E-state index contributed by atoms with van der Waals surface area (Å²) in [6, 6.07) is 16.2. The van der Waals surface area contributed by atoms with E-state index in [0.717, 1.165) is 30.0 Å². The summed E-state index contributed by atoms with van der Waals surface area (Å²) >= 11 is 6.07. The molecule has 3 aromatic rings. The zero-order valence-corrected chi connectivity index (χ0v) is 17.2. The minimum Gasteiger partial charge on any atom is -0.484 e. The van der Waals surface area contributed by atoms with Crippen molar-refractivity contribution in [1.29, 1.82) is 0 Å². The van der Waals surface area contributed by atoms with Gasteiger partial charge in [0.05, 0.1) is 11.4 Å². The number of aromatic nitrogens is 2. The van der Waals surface area contributed by atoms with E-state index in [1.807, 2.05) is 31.2 Å². The summed E-state index contributed by atoms with van der Waals surface area (Å²) in [5, 5.41) is 7.82. The van der Waals surface area contributed by atoms with Crippen LogP contribution in [0, 0.1) is 6.92 Å². The molecule has 0 unspecified atom stereocenters. The molecule has 154 valence electrons. The molecule has 1 fully saturated rings. The van der Waals surface area contributed by atoms with E-state index in [-0.39, 0.29) is 18.4 Å². The molecule has 0 radical (unpaired) electrons. The van der Waals surface area contributed by atoms with E-state index in [1.54, 1.807) is 39.9 Å². The number of aryl methyl sites for hydroxylation is 1. The summed E-state index contributed by atoms with van der Waals surface area (Å²) in [5.74, 6) is 0.915. The molecule has 0 atom stereocenters. The summed E-state index contributed by atoms with van der Waals surface area (Å²) in [4.78, 5) is 26.0. The summed E-state index contributed by atoms with van der Waals surface area (Å²) in [5.41, 5.74) is 2.35.